The smallest absolute Gasteiger partial charge is 0.322 e. The molecule has 0 aliphatic rings. The van der Waals surface area contributed by atoms with Crippen molar-refractivity contribution in [1.82, 2.24) is 10.9 Å². The molecule has 10 heteroatoms. The Morgan fingerprint density at radius 2 is 1.74 bits per heavy atom. The molecule has 0 aliphatic heterocycles. The fourth-order valence-corrected chi connectivity index (χ4v) is 1.08. The molecule has 10 nitrogen and oxygen atoms in total. The first-order valence-corrected chi connectivity index (χ1v) is 5.28. The molecule has 2 atom stereocenters. The van der Waals surface area contributed by atoms with Crippen molar-refractivity contribution < 1.29 is 29.4 Å². The second-order valence-electron chi connectivity index (χ2n) is 3.73. The van der Waals surface area contributed by atoms with Crippen LogP contribution in [0.15, 0.2) is 0 Å². The molecule has 0 radical (unpaired) electrons. The lowest BCUT2D eigenvalue weighted by molar-refractivity contribution is -0.142. The Hall–Kier alpha value is -2.20. The zero-order valence-electron chi connectivity index (χ0n) is 9.96. The van der Waals surface area contributed by atoms with Gasteiger partial charge in [0.05, 0.1) is 12.5 Å². The van der Waals surface area contributed by atoms with Crippen molar-refractivity contribution in [2.24, 2.45) is 11.5 Å². The lowest BCUT2D eigenvalue weighted by Crippen LogP contribution is -2.53. The molecule has 0 saturated heterocycles. The van der Waals surface area contributed by atoms with Gasteiger partial charge in [-0.15, -0.1) is 0 Å². The maximum atomic E-state index is 11.3. The van der Waals surface area contributed by atoms with Gasteiger partial charge in [0.1, 0.15) is 6.04 Å². The standard InChI is InChI=1S/C9H16N4O6/c10-4(3-7(15)16)8(17)13-12-5(9(18)19)1-2-6(11)14/h4-5,12H,1-3,10H2,(H2,11,14)(H,13,17)(H,15,16)(H,18,19)/t4-,5-/m0/s1. The number of rotatable bonds is 9. The normalized spacial score (nSPS) is 13.3. The molecule has 8 N–H and O–H groups in total. The summed E-state index contributed by atoms with van der Waals surface area (Å²) >= 11 is 0. The SMILES string of the molecule is NC(=O)CC[C@H](NNC(=O)[C@@H](N)CC(=O)O)C(=O)O. The third-order valence-electron chi connectivity index (χ3n) is 2.08. The first-order chi connectivity index (χ1) is 8.73. The first kappa shape index (κ1) is 16.8. The molecule has 19 heavy (non-hydrogen) atoms. The summed E-state index contributed by atoms with van der Waals surface area (Å²) in [6.45, 7) is 0. The van der Waals surface area contributed by atoms with Crippen LogP contribution in [0, 0.1) is 0 Å². The molecule has 0 bridgehead atoms. The zero-order valence-corrected chi connectivity index (χ0v) is 9.96. The molecule has 108 valence electrons. The van der Waals surface area contributed by atoms with E-state index in [2.05, 4.69) is 5.43 Å². The van der Waals surface area contributed by atoms with Crippen molar-refractivity contribution in [3.8, 4) is 0 Å². The number of nitrogens with one attached hydrogen (secondary N) is 2. The second kappa shape index (κ2) is 8.00. The van der Waals surface area contributed by atoms with Crippen LogP contribution in [0.5, 0.6) is 0 Å². The number of hydrazine groups is 1. The van der Waals surface area contributed by atoms with Gasteiger partial charge in [-0.2, -0.15) is 0 Å². The summed E-state index contributed by atoms with van der Waals surface area (Å²) in [5.41, 5.74) is 14.2. The number of primary amides is 1. The van der Waals surface area contributed by atoms with E-state index in [1.807, 2.05) is 5.43 Å². The average molecular weight is 276 g/mol. The third-order valence-corrected chi connectivity index (χ3v) is 2.08. The highest BCUT2D eigenvalue weighted by atomic mass is 16.4. The molecule has 0 aromatic heterocycles. The molecule has 0 saturated carbocycles. The van der Waals surface area contributed by atoms with E-state index in [9.17, 15) is 19.2 Å². The summed E-state index contributed by atoms with van der Waals surface area (Å²) in [5.74, 6) is -4.10. The van der Waals surface area contributed by atoms with Crippen LogP contribution < -0.4 is 22.3 Å². The van der Waals surface area contributed by atoms with E-state index in [0.29, 0.717) is 0 Å². The molecule has 0 unspecified atom stereocenters. The summed E-state index contributed by atoms with van der Waals surface area (Å²) in [6.07, 6.45) is -0.896. The van der Waals surface area contributed by atoms with Crippen LogP contribution in [0.3, 0.4) is 0 Å². The Bertz CT molecular complexity index is 372. The molecule has 0 aliphatic carbocycles. The van der Waals surface area contributed by atoms with Crippen LogP contribution in [0.1, 0.15) is 19.3 Å². The van der Waals surface area contributed by atoms with E-state index in [-0.39, 0.29) is 12.8 Å². The van der Waals surface area contributed by atoms with Crippen LogP contribution >= 0.6 is 0 Å². The van der Waals surface area contributed by atoms with E-state index in [4.69, 9.17) is 21.7 Å². The molecule has 0 aromatic carbocycles. The van der Waals surface area contributed by atoms with Crippen LogP contribution in [0.25, 0.3) is 0 Å². The fraction of sp³-hybridized carbons (Fsp3) is 0.556. The van der Waals surface area contributed by atoms with Crippen LogP contribution in [0.2, 0.25) is 0 Å². The van der Waals surface area contributed by atoms with Crippen LogP contribution in [-0.4, -0.2) is 46.0 Å². The number of nitrogens with two attached hydrogens (primary N) is 2. The Morgan fingerprint density at radius 1 is 1.16 bits per heavy atom. The number of hydrogen-bond donors (Lipinski definition) is 6. The lowest BCUT2D eigenvalue weighted by atomic mass is 10.1. The lowest BCUT2D eigenvalue weighted by Gasteiger charge is -2.16. The van der Waals surface area contributed by atoms with Gasteiger partial charge < -0.3 is 21.7 Å². The Morgan fingerprint density at radius 3 is 2.16 bits per heavy atom. The minimum atomic E-state index is -1.31. The predicted octanol–water partition coefficient (Wildman–Crippen LogP) is -2.87. The molecule has 0 fully saturated rings. The second-order valence-corrected chi connectivity index (χ2v) is 3.73. The van der Waals surface area contributed by atoms with E-state index in [1.54, 1.807) is 0 Å². The molecular weight excluding hydrogens is 260 g/mol. The van der Waals surface area contributed by atoms with E-state index >= 15 is 0 Å². The van der Waals surface area contributed by atoms with E-state index in [1.165, 1.54) is 0 Å². The average Bonchev–Trinajstić information content (AvgIpc) is 2.26. The summed E-state index contributed by atoms with van der Waals surface area (Å²) < 4.78 is 0. The number of carbonyl (C=O) groups excluding carboxylic acids is 2. The van der Waals surface area contributed by atoms with Crippen molar-refractivity contribution in [2.75, 3.05) is 0 Å². The summed E-state index contributed by atoms with van der Waals surface area (Å²) in [5, 5.41) is 17.2. The number of hydrogen-bond acceptors (Lipinski definition) is 6. The summed E-state index contributed by atoms with van der Waals surface area (Å²) in [7, 11) is 0. The highest BCUT2D eigenvalue weighted by Gasteiger charge is 2.21. The van der Waals surface area contributed by atoms with Crippen molar-refractivity contribution in [1.29, 1.82) is 0 Å². The Kier molecular flexibility index (Phi) is 7.07. The van der Waals surface area contributed by atoms with E-state index < -0.39 is 42.3 Å². The van der Waals surface area contributed by atoms with Gasteiger partial charge in [0.15, 0.2) is 0 Å². The minimum absolute atomic E-state index is 0.126. The van der Waals surface area contributed by atoms with Gasteiger partial charge in [0.2, 0.25) is 5.91 Å². The summed E-state index contributed by atoms with van der Waals surface area (Å²) in [6, 6.07) is -2.54. The monoisotopic (exact) mass is 276 g/mol. The highest BCUT2D eigenvalue weighted by Crippen LogP contribution is 1.96. The highest BCUT2D eigenvalue weighted by molar-refractivity contribution is 5.86. The Labute approximate surface area is 108 Å². The van der Waals surface area contributed by atoms with Gasteiger partial charge in [0.25, 0.3) is 5.91 Å². The number of carboxylic acids is 2. The quantitative estimate of drug-likeness (QED) is 0.242. The minimum Gasteiger partial charge on any atom is -0.481 e. The van der Waals surface area contributed by atoms with Crippen molar-refractivity contribution in [2.45, 2.75) is 31.3 Å². The zero-order chi connectivity index (χ0) is 15.0. The topological polar surface area (TPSA) is 185 Å². The van der Waals surface area contributed by atoms with Crippen LogP contribution in [0.4, 0.5) is 0 Å². The van der Waals surface area contributed by atoms with Gasteiger partial charge >= 0.3 is 11.9 Å². The largest absolute Gasteiger partial charge is 0.481 e. The number of carbonyl (C=O) groups is 4. The maximum Gasteiger partial charge on any atom is 0.322 e. The number of amides is 2. The third kappa shape index (κ3) is 7.68. The molecular formula is C9H16N4O6. The van der Waals surface area contributed by atoms with Gasteiger partial charge in [0, 0.05) is 6.42 Å². The maximum absolute atomic E-state index is 11.3. The fourth-order valence-electron chi connectivity index (χ4n) is 1.08. The van der Waals surface area contributed by atoms with Gasteiger partial charge in [-0.05, 0) is 6.42 Å². The van der Waals surface area contributed by atoms with Crippen molar-refractivity contribution >= 4 is 23.8 Å². The molecule has 0 rings (SSSR count). The number of aliphatic carboxylic acids is 2. The molecule has 2 amide bonds. The van der Waals surface area contributed by atoms with Gasteiger partial charge in [-0.3, -0.25) is 24.6 Å². The molecule has 0 heterocycles. The van der Waals surface area contributed by atoms with Crippen molar-refractivity contribution in [3.05, 3.63) is 0 Å². The van der Waals surface area contributed by atoms with Crippen molar-refractivity contribution in [3.63, 3.8) is 0 Å². The Balaban J connectivity index is 4.24. The predicted molar refractivity (Wildman–Crippen MR) is 61.4 cm³/mol. The van der Waals surface area contributed by atoms with E-state index in [0.717, 1.165) is 0 Å². The molecule has 0 aromatic rings. The summed E-state index contributed by atoms with van der Waals surface area (Å²) in [4.78, 5) is 42.9. The molecule has 0 spiro atoms. The van der Waals surface area contributed by atoms with Gasteiger partial charge in [-0.1, -0.05) is 0 Å². The van der Waals surface area contributed by atoms with Crippen LogP contribution in [-0.2, 0) is 19.2 Å². The first-order valence-electron chi connectivity index (χ1n) is 5.28. The number of carboxylic acid groups (broad SMARTS) is 2. The van der Waals surface area contributed by atoms with Gasteiger partial charge in [-0.25, -0.2) is 5.43 Å².